The Kier molecular flexibility index (Phi) is 24.7. The maximum absolute atomic E-state index is 12.1. The molecule has 196 valence electrons. The summed E-state index contributed by atoms with van der Waals surface area (Å²) in [6.07, 6.45) is 27.6. The lowest BCUT2D eigenvalue weighted by molar-refractivity contribution is -0.137. The van der Waals surface area contributed by atoms with Crippen molar-refractivity contribution in [3.05, 3.63) is 0 Å². The molecule has 0 aliphatic rings. The maximum Gasteiger partial charge on any atom is 0.303 e. The second-order valence-corrected chi connectivity index (χ2v) is 10.2. The van der Waals surface area contributed by atoms with Crippen LogP contribution < -0.4 is 5.32 Å². The van der Waals surface area contributed by atoms with Gasteiger partial charge in [-0.05, 0) is 25.2 Å². The fourth-order valence-corrected chi connectivity index (χ4v) is 4.58. The Morgan fingerprint density at radius 1 is 0.576 bits per heavy atom. The Hall–Kier alpha value is -1.06. The fraction of sp³-hybridized carbons (Fsp3) is 0.931. The molecule has 33 heavy (non-hydrogen) atoms. The van der Waals surface area contributed by atoms with Crippen LogP contribution in [0.5, 0.6) is 0 Å². The number of carbonyl (C=O) groups is 2. The largest absolute Gasteiger partial charge is 0.481 e. The average molecular weight is 468 g/mol. The summed E-state index contributed by atoms with van der Waals surface area (Å²) in [5.74, 6) is -0.237. The van der Waals surface area contributed by atoms with Crippen LogP contribution in [0.2, 0.25) is 0 Å². The number of nitrogens with one attached hydrogen (secondary N) is 1. The standard InChI is InChI=1S/C29H57NO3/c1-3-5-7-9-11-13-14-16-18-20-23-27(22-19-17-15-12-10-8-6-4-2)26-30-28(31)24-21-25-29(32)33/h27H,3-26H2,1-2H3,(H,30,31)(H,32,33). The van der Waals surface area contributed by atoms with Crippen LogP contribution in [0, 0.1) is 5.92 Å². The molecule has 0 radical (unpaired) electrons. The zero-order valence-corrected chi connectivity index (χ0v) is 22.3. The van der Waals surface area contributed by atoms with Crippen molar-refractivity contribution in [1.29, 1.82) is 0 Å². The Labute approximate surface area is 206 Å². The molecule has 1 amide bonds. The van der Waals surface area contributed by atoms with E-state index in [4.69, 9.17) is 5.11 Å². The van der Waals surface area contributed by atoms with Crippen molar-refractivity contribution in [3.8, 4) is 0 Å². The lowest BCUT2D eigenvalue weighted by atomic mass is 9.93. The van der Waals surface area contributed by atoms with Gasteiger partial charge in [-0.15, -0.1) is 0 Å². The van der Waals surface area contributed by atoms with Crippen LogP contribution in [-0.4, -0.2) is 23.5 Å². The summed E-state index contributed by atoms with van der Waals surface area (Å²) in [6, 6.07) is 0. The van der Waals surface area contributed by atoms with Crippen LogP contribution in [0.1, 0.15) is 162 Å². The number of rotatable bonds is 26. The second kappa shape index (κ2) is 25.6. The zero-order valence-electron chi connectivity index (χ0n) is 22.3. The average Bonchev–Trinajstić information content (AvgIpc) is 2.79. The zero-order chi connectivity index (χ0) is 24.4. The van der Waals surface area contributed by atoms with E-state index in [2.05, 4.69) is 19.2 Å². The quantitative estimate of drug-likeness (QED) is 0.125. The fourth-order valence-electron chi connectivity index (χ4n) is 4.58. The molecule has 1 unspecified atom stereocenters. The van der Waals surface area contributed by atoms with Gasteiger partial charge in [0.25, 0.3) is 0 Å². The van der Waals surface area contributed by atoms with Crippen LogP contribution in [0.15, 0.2) is 0 Å². The molecule has 0 saturated carbocycles. The van der Waals surface area contributed by atoms with Crippen LogP contribution in [-0.2, 0) is 9.59 Å². The second-order valence-electron chi connectivity index (χ2n) is 10.2. The first-order valence-corrected chi connectivity index (χ1v) is 14.6. The van der Waals surface area contributed by atoms with Gasteiger partial charge in [0, 0.05) is 19.4 Å². The summed E-state index contributed by atoms with van der Waals surface area (Å²) >= 11 is 0. The van der Waals surface area contributed by atoms with E-state index in [1.165, 1.54) is 128 Å². The lowest BCUT2D eigenvalue weighted by Crippen LogP contribution is -2.29. The molecule has 0 aliphatic heterocycles. The highest BCUT2D eigenvalue weighted by Crippen LogP contribution is 2.19. The summed E-state index contributed by atoms with van der Waals surface area (Å²) in [5.41, 5.74) is 0. The number of aliphatic carboxylic acids is 1. The minimum absolute atomic E-state index is 0.0141. The van der Waals surface area contributed by atoms with Crippen LogP contribution in [0.3, 0.4) is 0 Å². The van der Waals surface area contributed by atoms with E-state index in [0.29, 0.717) is 18.8 Å². The summed E-state index contributed by atoms with van der Waals surface area (Å²) in [4.78, 5) is 22.7. The molecule has 0 rings (SSSR count). The highest BCUT2D eigenvalue weighted by atomic mass is 16.4. The first kappa shape index (κ1) is 31.9. The molecule has 0 spiro atoms. The van der Waals surface area contributed by atoms with E-state index in [0.717, 1.165) is 6.54 Å². The predicted octanol–water partition coefficient (Wildman–Crippen LogP) is 8.82. The molecule has 0 aromatic heterocycles. The van der Waals surface area contributed by atoms with Gasteiger partial charge in [-0.3, -0.25) is 9.59 Å². The summed E-state index contributed by atoms with van der Waals surface area (Å²) in [7, 11) is 0. The number of carboxylic acid groups (broad SMARTS) is 1. The molecule has 0 saturated heterocycles. The number of hydrogen-bond acceptors (Lipinski definition) is 2. The first-order chi connectivity index (χ1) is 16.1. The minimum atomic E-state index is -0.823. The highest BCUT2D eigenvalue weighted by Gasteiger charge is 2.11. The van der Waals surface area contributed by atoms with Gasteiger partial charge in [-0.1, -0.05) is 129 Å². The first-order valence-electron chi connectivity index (χ1n) is 14.6. The van der Waals surface area contributed by atoms with Crippen molar-refractivity contribution in [2.24, 2.45) is 5.92 Å². The van der Waals surface area contributed by atoms with Crippen molar-refractivity contribution in [2.75, 3.05) is 6.54 Å². The van der Waals surface area contributed by atoms with Gasteiger partial charge in [0.15, 0.2) is 0 Å². The SMILES string of the molecule is CCCCCCCCCCCCC(CCCCCCCCCC)CNC(=O)CCCC(=O)O. The Morgan fingerprint density at radius 2 is 0.970 bits per heavy atom. The predicted molar refractivity (Wildman–Crippen MR) is 142 cm³/mol. The van der Waals surface area contributed by atoms with Gasteiger partial charge in [-0.2, -0.15) is 0 Å². The van der Waals surface area contributed by atoms with Crippen molar-refractivity contribution in [2.45, 2.75) is 162 Å². The van der Waals surface area contributed by atoms with Crippen LogP contribution in [0.25, 0.3) is 0 Å². The molecule has 0 aliphatic carbocycles. The summed E-state index contributed by atoms with van der Waals surface area (Å²) in [5, 5.41) is 11.8. The third kappa shape index (κ3) is 25.4. The van der Waals surface area contributed by atoms with Gasteiger partial charge >= 0.3 is 5.97 Å². The van der Waals surface area contributed by atoms with Crippen molar-refractivity contribution in [1.82, 2.24) is 5.32 Å². The van der Waals surface area contributed by atoms with Crippen LogP contribution >= 0.6 is 0 Å². The molecule has 4 heteroatoms. The van der Waals surface area contributed by atoms with Crippen LogP contribution in [0.4, 0.5) is 0 Å². The highest BCUT2D eigenvalue weighted by molar-refractivity contribution is 5.76. The Morgan fingerprint density at radius 3 is 1.36 bits per heavy atom. The number of carbonyl (C=O) groups excluding carboxylic acids is 1. The van der Waals surface area contributed by atoms with Gasteiger partial charge in [0.2, 0.25) is 5.91 Å². The lowest BCUT2D eigenvalue weighted by Gasteiger charge is -2.18. The van der Waals surface area contributed by atoms with E-state index in [-0.39, 0.29) is 12.3 Å². The monoisotopic (exact) mass is 467 g/mol. The normalized spacial score (nSPS) is 12.1. The van der Waals surface area contributed by atoms with E-state index in [1.54, 1.807) is 0 Å². The van der Waals surface area contributed by atoms with E-state index in [1.807, 2.05) is 0 Å². The molecular weight excluding hydrogens is 410 g/mol. The Bertz CT molecular complexity index is 439. The molecular formula is C29H57NO3. The molecule has 0 heterocycles. The number of hydrogen-bond donors (Lipinski definition) is 2. The van der Waals surface area contributed by atoms with Crippen molar-refractivity contribution >= 4 is 11.9 Å². The van der Waals surface area contributed by atoms with E-state index in [9.17, 15) is 9.59 Å². The van der Waals surface area contributed by atoms with E-state index >= 15 is 0 Å². The Balaban J connectivity index is 4.00. The van der Waals surface area contributed by atoms with Gasteiger partial charge in [0.1, 0.15) is 0 Å². The summed E-state index contributed by atoms with van der Waals surface area (Å²) < 4.78 is 0. The smallest absolute Gasteiger partial charge is 0.303 e. The van der Waals surface area contributed by atoms with Crippen molar-refractivity contribution < 1.29 is 14.7 Å². The number of carboxylic acids is 1. The molecule has 4 nitrogen and oxygen atoms in total. The molecule has 2 N–H and O–H groups in total. The molecule has 0 bridgehead atoms. The van der Waals surface area contributed by atoms with Gasteiger partial charge in [0.05, 0.1) is 0 Å². The molecule has 0 aromatic rings. The third-order valence-electron chi connectivity index (χ3n) is 6.81. The van der Waals surface area contributed by atoms with E-state index < -0.39 is 5.97 Å². The third-order valence-corrected chi connectivity index (χ3v) is 6.81. The number of unbranched alkanes of at least 4 members (excludes halogenated alkanes) is 16. The van der Waals surface area contributed by atoms with Gasteiger partial charge < -0.3 is 10.4 Å². The molecule has 0 aromatic carbocycles. The minimum Gasteiger partial charge on any atom is -0.481 e. The summed E-state index contributed by atoms with van der Waals surface area (Å²) in [6.45, 7) is 5.30. The van der Waals surface area contributed by atoms with Crippen molar-refractivity contribution in [3.63, 3.8) is 0 Å². The molecule has 0 fully saturated rings. The van der Waals surface area contributed by atoms with Gasteiger partial charge in [-0.25, -0.2) is 0 Å². The number of amides is 1. The topological polar surface area (TPSA) is 66.4 Å². The maximum atomic E-state index is 12.1. The molecule has 1 atom stereocenters.